The molecule has 5 heteroatoms. The molecular weight excluding hydrogens is 488 g/mol. The molecule has 34 heavy (non-hydrogen) atoms. The SMILES string of the molecule is O=C(NC1CCCCC1)C(c1ccc(Br)cc1)N(C(=O)/C=C/c1ccccc1)c1ccccc1. The van der Waals surface area contributed by atoms with Gasteiger partial charge in [-0.05, 0) is 54.3 Å². The number of carbonyl (C=O) groups is 2. The molecule has 1 aliphatic carbocycles. The summed E-state index contributed by atoms with van der Waals surface area (Å²) in [6.07, 6.45) is 8.74. The average Bonchev–Trinajstić information content (AvgIpc) is 2.88. The van der Waals surface area contributed by atoms with E-state index in [0.717, 1.165) is 41.3 Å². The van der Waals surface area contributed by atoms with Crippen LogP contribution < -0.4 is 10.2 Å². The fraction of sp³-hybridized carbons (Fsp3) is 0.241. The zero-order valence-corrected chi connectivity index (χ0v) is 20.7. The number of para-hydroxylation sites is 1. The fourth-order valence-corrected chi connectivity index (χ4v) is 4.66. The molecular formula is C29H29BrN2O2. The van der Waals surface area contributed by atoms with Crippen LogP contribution in [0.2, 0.25) is 0 Å². The maximum absolute atomic E-state index is 13.7. The summed E-state index contributed by atoms with van der Waals surface area (Å²) in [6, 6.07) is 26.1. The molecule has 2 amide bonds. The topological polar surface area (TPSA) is 49.4 Å². The van der Waals surface area contributed by atoms with Crippen molar-refractivity contribution in [2.45, 2.75) is 44.2 Å². The summed E-state index contributed by atoms with van der Waals surface area (Å²) in [7, 11) is 0. The third kappa shape index (κ3) is 6.23. The molecule has 174 valence electrons. The average molecular weight is 517 g/mol. The number of carbonyl (C=O) groups excluding carboxylic acids is 2. The van der Waals surface area contributed by atoms with Crippen molar-refractivity contribution in [1.82, 2.24) is 5.32 Å². The number of halogens is 1. The van der Waals surface area contributed by atoms with Crippen molar-refractivity contribution >= 4 is 39.5 Å². The van der Waals surface area contributed by atoms with E-state index in [0.29, 0.717) is 5.69 Å². The van der Waals surface area contributed by atoms with Gasteiger partial charge in [0.05, 0.1) is 0 Å². The number of hydrogen-bond donors (Lipinski definition) is 1. The molecule has 0 aromatic heterocycles. The van der Waals surface area contributed by atoms with Crippen molar-refractivity contribution in [2.24, 2.45) is 0 Å². The highest BCUT2D eigenvalue weighted by molar-refractivity contribution is 9.10. The summed E-state index contributed by atoms with van der Waals surface area (Å²) in [5.41, 5.74) is 2.37. The third-order valence-electron chi connectivity index (χ3n) is 6.13. The van der Waals surface area contributed by atoms with Crippen LogP contribution in [0.15, 0.2) is 95.5 Å². The molecule has 1 aliphatic rings. The molecule has 0 heterocycles. The maximum atomic E-state index is 13.7. The summed E-state index contributed by atoms with van der Waals surface area (Å²) >= 11 is 3.48. The largest absolute Gasteiger partial charge is 0.351 e. The normalized spacial score (nSPS) is 15.1. The van der Waals surface area contributed by atoms with Crippen LogP contribution in [0, 0.1) is 0 Å². The monoisotopic (exact) mass is 516 g/mol. The van der Waals surface area contributed by atoms with E-state index in [-0.39, 0.29) is 17.9 Å². The molecule has 4 nitrogen and oxygen atoms in total. The molecule has 1 N–H and O–H groups in total. The molecule has 0 radical (unpaired) electrons. The van der Waals surface area contributed by atoms with E-state index in [1.54, 1.807) is 17.1 Å². The van der Waals surface area contributed by atoms with Crippen molar-refractivity contribution in [3.63, 3.8) is 0 Å². The van der Waals surface area contributed by atoms with Gasteiger partial charge in [-0.1, -0.05) is 95.9 Å². The second kappa shape index (κ2) is 11.8. The van der Waals surface area contributed by atoms with Crippen LogP contribution >= 0.6 is 15.9 Å². The van der Waals surface area contributed by atoms with E-state index >= 15 is 0 Å². The minimum absolute atomic E-state index is 0.145. The Kier molecular flexibility index (Phi) is 8.31. The Balaban J connectivity index is 1.72. The molecule has 3 aromatic rings. The fourth-order valence-electron chi connectivity index (χ4n) is 4.39. The molecule has 4 rings (SSSR count). The standard InChI is InChI=1S/C29H29BrN2O2/c30-24-19-17-23(18-20-24)28(29(34)31-25-12-6-2-7-13-25)32(26-14-8-3-9-15-26)27(33)21-16-22-10-4-1-5-11-22/h1,3-5,8-11,14-21,25,28H,2,6-7,12-13H2,(H,31,34)/b21-16+. The molecule has 1 atom stereocenters. The van der Waals surface area contributed by atoms with Crippen LogP contribution in [0.1, 0.15) is 49.3 Å². The Morgan fingerprint density at radius 2 is 1.47 bits per heavy atom. The van der Waals surface area contributed by atoms with E-state index in [1.165, 1.54) is 6.42 Å². The number of rotatable bonds is 7. The van der Waals surface area contributed by atoms with E-state index in [9.17, 15) is 9.59 Å². The number of anilines is 1. The zero-order valence-electron chi connectivity index (χ0n) is 19.1. The second-order valence-electron chi connectivity index (χ2n) is 8.59. The van der Waals surface area contributed by atoms with E-state index in [4.69, 9.17) is 0 Å². The first kappa shape index (κ1) is 24.0. The number of hydrogen-bond acceptors (Lipinski definition) is 2. The number of nitrogens with zero attached hydrogens (tertiary/aromatic N) is 1. The predicted molar refractivity (Wildman–Crippen MR) is 141 cm³/mol. The van der Waals surface area contributed by atoms with Crippen LogP contribution in [-0.4, -0.2) is 17.9 Å². The predicted octanol–water partition coefficient (Wildman–Crippen LogP) is 6.69. The van der Waals surface area contributed by atoms with E-state index in [2.05, 4.69) is 21.2 Å². The lowest BCUT2D eigenvalue weighted by Gasteiger charge is -2.33. The molecule has 3 aromatic carbocycles. The zero-order chi connectivity index (χ0) is 23.8. The Morgan fingerprint density at radius 3 is 2.12 bits per heavy atom. The van der Waals surface area contributed by atoms with Crippen molar-refractivity contribution in [2.75, 3.05) is 4.90 Å². The first-order valence-corrected chi connectivity index (χ1v) is 12.6. The van der Waals surface area contributed by atoms with Gasteiger partial charge < -0.3 is 5.32 Å². The first-order chi connectivity index (χ1) is 16.6. The molecule has 0 aliphatic heterocycles. The Morgan fingerprint density at radius 1 is 0.853 bits per heavy atom. The Labute approximate surface area is 209 Å². The van der Waals surface area contributed by atoms with Gasteiger partial charge in [0.1, 0.15) is 6.04 Å². The van der Waals surface area contributed by atoms with Crippen LogP contribution in [0.5, 0.6) is 0 Å². The molecule has 1 unspecified atom stereocenters. The number of amides is 2. The number of benzene rings is 3. The van der Waals surface area contributed by atoms with Gasteiger partial charge in [0.15, 0.2) is 0 Å². The molecule has 1 fully saturated rings. The highest BCUT2D eigenvalue weighted by atomic mass is 79.9. The molecule has 0 spiro atoms. The smallest absolute Gasteiger partial charge is 0.252 e. The lowest BCUT2D eigenvalue weighted by atomic mass is 9.94. The van der Waals surface area contributed by atoms with Gasteiger partial charge in [-0.3, -0.25) is 14.5 Å². The highest BCUT2D eigenvalue weighted by Gasteiger charge is 2.33. The Hall–Kier alpha value is -3.18. The highest BCUT2D eigenvalue weighted by Crippen LogP contribution is 2.30. The van der Waals surface area contributed by atoms with Crippen LogP contribution in [0.4, 0.5) is 5.69 Å². The minimum atomic E-state index is -0.787. The summed E-state index contributed by atoms with van der Waals surface area (Å²) in [5.74, 6) is -0.402. The van der Waals surface area contributed by atoms with Gasteiger partial charge in [-0.25, -0.2) is 0 Å². The third-order valence-corrected chi connectivity index (χ3v) is 6.66. The maximum Gasteiger partial charge on any atom is 0.252 e. The van der Waals surface area contributed by atoms with Gasteiger partial charge >= 0.3 is 0 Å². The summed E-state index contributed by atoms with van der Waals surface area (Å²) in [4.78, 5) is 29.0. The van der Waals surface area contributed by atoms with Crippen molar-refractivity contribution in [1.29, 1.82) is 0 Å². The minimum Gasteiger partial charge on any atom is -0.351 e. The lowest BCUT2D eigenvalue weighted by molar-refractivity contribution is -0.126. The van der Waals surface area contributed by atoms with Gasteiger partial charge in [-0.2, -0.15) is 0 Å². The summed E-state index contributed by atoms with van der Waals surface area (Å²) < 4.78 is 0.921. The van der Waals surface area contributed by atoms with Crippen molar-refractivity contribution < 1.29 is 9.59 Å². The van der Waals surface area contributed by atoms with Gasteiger partial charge in [0.2, 0.25) is 5.91 Å². The first-order valence-electron chi connectivity index (χ1n) is 11.8. The van der Waals surface area contributed by atoms with E-state index < -0.39 is 6.04 Å². The quantitative estimate of drug-likeness (QED) is 0.355. The Bertz CT molecular complexity index is 1110. The molecule has 0 bridgehead atoms. The molecule has 1 saturated carbocycles. The summed E-state index contributed by atoms with van der Waals surface area (Å²) in [5, 5.41) is 3.24. The van der Waals surface area contributed by atoms with Crippen LogP contribution in [0.25, 0.3) is 6.08 Å². The van der Waals surface area contributed by atoms with Crippen LogP contribution in [-0.2, 0) is 9.59 Å². The van der Waals surface area contributed by atoms with Gasteiger partial charge in [-0.15, -0.1) is 0 Å². The van der Waals surface area contributed by atoms with Crippen molar-refractivity contribution in [3.05, 3.63) is 107 Å². The second-order valence-corrected chi connectivity index (χ2v) is 9.50. The van der Waals surface area contributed by atoms with Crippen LogP contribution in [0.3, 0.4) is 0 Å². The lowest BCUT2D eigenvalue weighted by Crippen LogP contribution is -2.47. The van der Waals surface area contributed by atoms with Gasteiger partial charge in [0, 0.05) is 22.3 Å². The van der Waals surface area contributed by atoms with E-state index in [1.807, 2.05) is 84.9 Å². The summed E-state index contributed by atoms with van der Waals surface area (Å²) in [6.45, 7) is 0. The molecule has 0 saturated heterocycles. The van der Waals surface area contributed by atoms with Gasteiger partial charge in [0.25, 0.3) is 5.91 Å². The number of nitrogens with one attached hydrogen (secondary N) is 1. The van der Waals surface area contributed by atoms with Crippen molar-refractivity contribution in [3.8, 4) is 0 Å².